The van der Waals surface area contributed by atoms with Gasteiger partial charge < -0.3 is 4.79 Å². The van der Waals surface area contributed by atoms with Crippen molar-refractivity contribution in [3.8, 4) is 11.3 Å². The molecule has 6 heteroatoms. The fraction of sp³-hybridized carbons (Fsp3) is 0.143. The van der Waals surface area contributed by atoms with Crippen LogP contribution in [0.3, 0.4) is 0 Å². The lowest BCUT2D eigenvalue weighted by Gasteiger charge is -2.08. The van der Waals surface area contributed by atoms with Gasteiger partial charge >= 0.3 is 0 Å². The van der Waals surface area contributed by atoms with E-state index in [0.717, 1.165) is 27.9 Å². The largest absolute Gasteiger partial charge is 0.303 e. The van der Waals surface area contributed by atoms with Gasteiger partial charge in [-0.3, -0.25) is 4.79 Å². The average molecular weight is 375 g/mol. The number of aldehydes is 1. The van der Waals surface area contributed by atoms with E-state index in [-0.39, 0.29) is 18.5 Å². The van der Waals surface area contributed by atoms with Crippen LogP contribution in [0.25, 0.3) is 22.0 Å². The van der Waals surface area contributed by atoms with Gasteiger partial charge in [0.1, 0.15) is 11.3 Å². The van der Waals surface area contributed by atoms with E-state index >= 15 is 0 Å². The van der Waals surface area contributed by atoms with Gasteiger partial charge in [0.05, 0.1) is 23.3 Å². The Morgan fingerprint density at radius 1 is 1.07 bits per heavy atom. The number of aryl methyl sites for hydroxylation is 1. The predicted octanol–water partition coefficient (Wildman–Crippen LogP) is 3.62. The van der Waals surface area contributed by atoms with Crippen LogP contribution in [-0.4, -0.2) is 21.1 Å². The molecular weight excluding hydrogens is 358 g/mol. The summed E-state index contributed by atoms with van der Waals surface area (Å²) >= 11 is 1.50. The fourth-order valence-corrected chi connectivity index (χ4v) is 3.80. The highest BCUT2D eigenvalue weighted by Gasteiger charge is 2.12. The van der Waals surface area contributed by atoms with Gasteiger partial charge in [-0.05, 0) is 13.0 Å². The monoisotopic (exact) mass is 375 g/mol. The van der Waals surface area contributed by atoms with Crippen molar-refractivity contribution in [3.05, 3.63) is 80.5 Å². The smallest absolute Gasteiger partial charge is 0.275 e. The number of hydrogen-bond acceptors (Lipinski definition) is 5. The van der Waals surface area contributed by atoms with E-state index in [1.807, 2.05) is 42.6 Å². The molecule has 0 fully saturated rings. The van der Waals surface area contributed by atoms with Crippen molar-refractivity contribution in [2.45, 2.75) is 19.9 Å². The second-order valence-electron chi connectivity index (χ2n) is 6.32. The van der Waals surface area contributed by atoms with Gasteiger partial charge in [-0.1, -0.05) is 48.0 Å². The van der Waals surface area contributed by atoms with Crippen LogP contribution in [-0.2, 0) is 17.8 Å². The van der Waals surface area contributed by atoms with Gasteiger partial charge in [0.25, 0.3) is 5.56 Å². The Morgan fingerprint density at radius 2 is 1.81 bits per heavy atom. The van der Waals surface area contributed by atoms with Crippen molar-refractivity contribution < 1.29 is 4.79 Å². The molecule has 0 aliphatic carbocycles. The van der Waals surface area contributed by atoms with E-state index < -0.39 is 0 Å². The second-order valence-corrected chi connectivity index (χ2v) is 7.26. The summed E-state index contributed by atoms with van der Waals surface area (Å²) in [5.74, 6) is 0. The number of hydrogen-bond donors (Lipinski definition) is 0. The molecule has 2 aromatic carbocycles. The normalized spacial score (nSPS) is 11.0. The molecule has 0 unspecified atom stereocenters. The Bertz CT molecular complexity index is 1180. The first-order valence-corrected chi connectivity index (χ1v) is 9.47. The second kappa shape index (κ2) is 7.25. The highest BCUT2D eigenvalue weighted by molar-refractivity contribution is 7.09. The van der Waals surface area contributed by atoms with E-state index in [1.165, 1.54) is 21.6 Å². The summed E-state index contributed by atoms with van der Waals surface area (Å²) in [6, 6.07) is 15.4. The van der Waals surface area contributed by atoms with Gasteiger partial charge in [0.15, 0.2) is 0 Å². The Hall–Kier alpha value is -3.12. The predicted molar refractivity (Wildman–Crippen MR) is 107 cm³/mol. The van der Waals surface area contributed by atoms with Crippen molar-refractivity contribution in [1.82, 2.24) is 14.8 Å². The van der Waals surface area contributed by atoms with Crippen molar-refractivity contribution >= 4 is 28.4 Å². The number of nitrogens with zero attached hydrogens (tertiary/aromatic N) is 3. The van der Waals surface area contributed by atoms with E-state index in [2.05, 4.69) is 22.2 Å². The standard InChI is InChI=1S/C21H17N3O2S/c1-14-6-8-15(9-7-14)19-13-27-20(22-19)12-24-21(26)17-5-3-2-4-16(17)18(23-24)10-11-25/h2-9,11,13H,10,12H2,1H3. The Morgan fingerprint density at radius 3 is 2.56 bits per heavy atom. The summed E-state index contributed by atoms with van der Waals surface area (Å²) in [6.07, 6.45) is 0.982. The fourth-order valence-electron chi connectivity index (χ4n) is 3.01. The van der Waals surface area contributed by atoms with Gasteiger partial charge in [-0.15, -0.1) is 11.3 Å². The molecule has 0 saturated carbocycles. The molecule has 0 aliphatic heterocycles. The summed E-state index contributed by atoms with van der Waals surface area (Å²) in [7, 11) is 0. The summed E-state index contributed by atoms with van der Waals surface area (Å²) in [6.45, 7) is 2.33. The van der Waals surface area contributed by atoms with Gasteiger partial charge in [0.2, 0.25) is 0 Å². The topological polar surface area (TPSA) is 64.8 Å². The molecule has 4 aromatic rings. The van der Waals surface area contributed by atoms with Crippen molar-refractivity contribution in [3.63, 3.8) is 0 Å². The lowest BCUT2D eigenvalue weighted by molar-refractivity contribution is -0.107. The number of carbonyl (C=O) groups is 1. The third-order valence-corrected chi connectivity index (χ3v) is 5.24. The van der Waals surface area contributed by atoms with Crippen LogP contribution in [0.1, 0.15) is 16.3 Å². The maximum Gasteiger partial charge on any atom is 0.275 e. The molecular formula is C21H17N3O2S. The van der Waals surface area contributed by atoms with Crippen molar-refractivity contribution in [1.29, 1.82) is 0 Å². The quantitative estimate of drug-likeness (QED) is 0.500. The Balaban J connectivity index is 1.71. The molecule has 2 aromatic heterocycles. The highest BCUT2D eigenvalue weighted by Crippen LogP contribution is 2.23. The van der Waals surface area contributed by atoms with Crippen LogP contribution in [0.2, 0.25) is 0 Å². The van der Waals surface area contributed by atoms with Gasteiger partial charge in [0, 0.05) is 22.8 Å². The molecule has 0 amide bonds. The average Bonchev–Trinajstić information content (AvgIpc) is 3.15. The molecule has 134 valence electrons. The van der Waals surface area contributed by atoms with Crippen LogP contribution in [0, 0.1) is 6.92 Å². The molecule has 0 spiro atoms. The minimum Gasteiger partial charge on any atom is -0.303 e. The van der Waals surface area contributed by atoms with E-state index in [0.29, 0.717) is 11.1 Å². The maximum absolute atomic E-state index is 12.8. The molecule has 5 nitrogen and oxygen atoms in total. The number of benzene rings is 2. The number of carbonyl (C=O) groups excluding carboxylic acids is 1. The van der Waals surface area contributed by atoms with E-state index in [4.69, 9.17) is 0 Å². The number of fused-ring (bicyclic) bond motifs is 1. The van der Waals surface area contributed by atoms with Gasteiger partial charge in [-0.25, -0.2) is 9.67 Å². The first kappa shape index (κ1) is 17.3. The maximum atomic E-state index is 12.8. The lowest BCUT2D eigenvalue weighted by Crippen LogP contribution is -2.25. The summed E-state index contributed by atoms with van der Waals surface area (Å²) in [5, 5.41) is 8.50. The van der Waals surface area contributed by atoms with Gasteiger partial charge in [-0.2, -0.15) is 5.10 Å². The van der Waals surface area contributed by atoms with Crippen molar-refractivity contribution in [2.24, 2.45) is 0 Å². The Labute approximate surface area is 159 Å². The zero-order valence-electron chi connectivity index (χ0n) is 14.8. The first-order chi connectivity index (χ1) is 13.2. The molecule has 0 radical (unpaired) electrons. The van der Waals surface area contributed by atoms with Crippen molar-refractivity contribution in [2.75, 3.05) is 0 Å². The first-order valence-electron chi connectivity index (χ1n) is 8.59. The van der Waals surface area contributed by atoms with Crippen LogP contribution in [0.15, 0.2) is 58.7 Å². The zero-order valence-corrected chi connectivity index (χ0v) is 15.6. The molecule has 0 bridgehead atoms. The molecule has 27 heavy (non-hydrogen) atoms. The zero-order chi connectivity index (χ0) is 18.8. The third-order valence-electron chi connectivity index (χ3n) is 4.41. The highest BCUT2D eigenvalue weighted by atomic mass is 32.1. The van der Waals surface area contributed by atoms with Crippen LogP contribution in [0.5, 0.6) is 0 Å². The molecule has 0 N–H and O–H groups in total. The summed E-state index contributed by atoms with van der Waals surface area (Å²) in [5.41, 5.74) is 3.56. The van der Waals surface area contributed by atoms with E-state index in [9.17, 15) is 9.59 Å². The number of thiazole rings is 1. The summed E-state index contributed by atoms with van der Waals surface area (Å²) in [4.78, 5) is 28.5. The number of rotatable bonds is 5. The van der Waals surface area contributed by atoms with Crippen LogP contribution < -0.4 is 5.56 Å². The SMILES string of the molecule is Cc1ccc(-c2csc(Cn3nc(CC=O)c4ccccc4c3=O)n2)cc1. The summed E-state index contributed by atoms with van der Waals surface area (Å²) < 4.78 is 1.40. The molecule has 2 heterocycles. The third kappa shape index (κ3) is 3.44. The minimum absolute atomic E-state index is 0.174. The molecule has 0 aliphatic rings. The lowest BCUT2D eigenvalue weighted by atomic mass is 10.1. The Kier molecular flexibility index (Phi) is 4.64. The van der Waals surface area contributed by atoms with Crippen LogP contribution in [0.4, 0.5) is 0 Å². The molecule has 4 rings (SSSR count). The molecule has 0 atom stereocenters. The number of aromatic nitrogens is 3. The van der Waals surface area contributed by atoms with Crippen LogP contribution >= 0.6 is 11.3 Å². The van der Waals surface area contributed by atoms with E-state index in [1.54, 1.807) is 6.07 Å². The molecule has 0 saturated heterocycles. The minimum atomic E-state index is -0.174.